The lowest BCUT2D eigenvalue weighted by Gasteiger charge is -2.24. The highest BCUT2D eigenvalue weighted by atomic mass is 19.1. The summed E-state index contributed by atoms with van der Waals surface area (Å²) in [6.45, 7) is 4.70. The lowest BCUT2D eigenvalue weighted by molar-refractivity contribution is -0.141. The second-order valence-electron chi connectivity index (χ2n) is 3.66. The SMILES string of the molecule is CCN(C[C@H](C)F)C(=O)[C@@H]1CCCO1. The summed E-state index contributed by atoms with van der Waals surface area (Å²) in [5.74, 6) is -0.0606. The van der Waals surface area contributed by atoms with Crippen molar-refractivity contribution in [3.05, 3.63) is 0 Å². The molecule has 1 fully saturated rings. The monoisotopic (exact) mass is 203 g/mol. The molecular weight excluding hydrogens is 185 g/mol. The first kappa shape index (κ1) is 11.4. The van der Waals surface area contributed by atoms with Gasteiger partial charge in [0.15, 0.2) is 0 Å². The summed E-state index contributed by atoms with van der Waals surface area (Å²) >= 11 is 0. The van der Waals surface area contributed by atoms with E-state index in [0.717, 1.165) is 12.8 Å². The number of hydrogen-bond donors (Lipinski definition) is 0. The maximum atomic E-state index is 12.8. The number of alkyl halides is 1. The van der Waals surface area contributed by atoms with Gasteiger partial charge in [0.05, 0.1) is 6.54 Å². The van der Waals surface area contributed by atoms with E-state index in [1.165, 1.54) is 11.8 Å². The summed E-state index contributed by atoms with van der Waals surface area (Å²) in [6.07, 6.45) is 0.406. The minimum absolute atomic E-state index is 0.0606. The first-order valence-corrected chi connectivity index (χ1v) is 5.19. The zero-order chi connectivity index (χ0) is 10.6. The molecule has 0 spiro atoms. The van der Waals surface area contributed by atoms with Crippen molar-refractivity contribution in [3.63, 3.8) is 0 Å². The summed E-state index contributed by atoms with van der Waals surface area (Å²) in [7, 11) is 0. The van der Waals surface area contributed by atoms with Crippen LogP contribution in [0.15, 0.2) is 0 Å². The van der Waals surface area contributed by atoms with Gasteiger partial charge >= 0.3 is 0 Å². The normalized spacial score (nSPS) is 23.5. The molecule has 0 N–H and O–H groups in total. The van der Waals surface area contributed by atoms with Crippen molar-refractivity contribution >= 4 is 5.91 Å². The number of nitrogens with zero attached hydrogens (tertiary/aromatic N) is 1. The van der Waals surface area contributed by atoms with Gasteiger partial charge in [-0.05, 0) is 26.7 Å². The second kappa shape index (κ2) is 5.29. The van der Waals surface area contributed by atoms with E-state index in [0.29, 0.717) is 13.2 Å². The molecule has 4 heteroatoms. The van der Waals surface area contributed by atoms with Gasteiger partial charge in [-0.2, -0.15) is 0 Å². The fourth-order valence-corrected chi connectivity index (χ4v) is 1.65. The molecule has 0 aromatic heterocycles. The molecule has 14 heavy (non-hydrogen) atoms. The van der Waals surface area contributed by atoms with E-state index in [9.17, 15) is 9.18 Å². The highest BCUT2D eigenvalue weighted by Crippen LogP contribution is 2.15. The topological polar surface area (TPSA) is 29.5 Å². The summed E-state index contributed by atoms with van der Waals surface area (Å²) in [6, 6.07) is 0. The molecule has 0 aromatic carbocycles. The predicted molar refractivity (Wildman–Crippen MR) is 51.8 cm³/mol. The zero-order valence-electron chi connectivity index (χ0n) is 8.83. The van der Waals surface area contributed by atoms with E-state index < -0.39 is 6.17 Å². The number of ether oxygens (including phenoxy) is 1. The smallest absolute Gasteiger partial charge is 0.251 e. The molecule has 2 atom stereocenters. The van der Waals surface area contributed by atoms with E-state index >= 15 is 0 Å². The fourth-order valence-electron chi connectivity index (χ4n) is 1.65. The van der Waals surface area contributed by atoms with E-state index in [1.54, 1.807) is 0 Å². The largest absolute Gasteiger partial charge is 0.368 e. The Bertz CT molecular complexity index is 191. The van der Waals surface area contributed by atoms with E-state index in [1.807, 2.05) is 6.92 Å². The molecule has 1 amide bonds. The molecule has 0 radical (unpaired) electrons. The third-order valence-corrected chi connectivity index (χ3v) is 2.37. The van der Waals surface area contributed by atoms with Gasteiger partial charge in [-0.1, -0.05) is 0 Å². The standard InChI is InChI=1S/C10H18FNO2/c1-3-12(7-8(2)11)10(13)9-5-4-6-14-9/h8-9H,3-7H2,1-2H3/t8-,9-/m0/s1. The van der Waals surface area contributed by atoms with Gasteiger partial charge in [-0.3, -0.25) is 4.79 Å². The van der Waals surface area contributed by atoms with E-state index in [4.69, 9.17) is 4.74 Å². The van der Waals surface area contributed by atoms with Gasteiger partial charge in [-0.15, -0.1) is 0 Å². The van der Waals surface area contributed by atoms with Crippen LogP contribution in [0.5, 0.6) is 0 Å². The number of rotatable bonds is 4. The molecule has 0 aliphatic carbocycles. The third-order valence-electron chi connectivity index (χ3n) is 2.37. The second-order valence-corrected chi connectivity index (χ2v) is 3.66. The average Bonchev–Trinajstić information content (AvgIpc) is 2.65. The molecule has 0 aromatic rings. The predicted octanol–water partition coefficient (Wildman–Crippen LogP) is 1.37. The van der Waals surface area contributed by atoms with Crippen LogP contribution in [0.25, 0.3) is 0 Å². The van der Waals surface area contributed by atoms with Crippen LogP contribution in [-0.2, 0) is 9.53 Å². The van der Waals surface area contributed by atoms with Gasteiger partial charge in [0.25, 0.3) is 5.91 Å². The Morgan fingerprint density at radius 3 is 2.86 bits per heavy atom. The zero-order valence-corrected chi connectivity index (χ0v) is 8.83. The van der Waals surface area contributed by atoms with Crippen LogP contribution in [0.1, 0.15) is 26.7 Å². The number of carbonyl (C=O) groups excluding carboxylic acids is 1. The van der Waals surface area contributed by atoms with Gasteiger partial charge in [0.1, 0.15) is 12.3 Å². The Labute approximate surface area is 84.2 Å². The number of carbonyl (C=O) groups is 1. The van der Waals surface area contributed by atoms with Crippen LogP contribution in [0, 0.1) is 0 Å². The Morgan fingerprint density at radius 2 is 2.43 bits per heavy atom. The Kier molecular flexibility index (Phi) is 4.32. The van der Waals surface area contributed by atoms with Crippen LogP contribution >= 0.6 is 0 Å². The summed E-state index contributed by atoms with van der Waals surface area (Å²) in [4.78, 5) is 13.3. The molecule has 1 heterocycles. The molecule has 82 valence electrons. The van der Waals surface area contributed by atoms with Crippen LogP contribution in [0.3, 0.4) is 0 Å². The van der Waals surface area contributed by atoms with Crippen LogP contribution in [-0.4, -0.2) is 42.8 Å². The maximum absolute atomic E-state index is 12.8. The van der Waals surface area contributed by atoms with Crippen molar-refractivity contribution in [1.82, 2.24) is 4.90 Å². The van der Waals surface area contributed by atoms with Crippen molar-refractivity contribution in [2.45, 2.75) is 39.0 Å². The fraction of sp³-hybridized carbons (Fsp3) is 0.900. The third kappa shape index (κ3) is 2.94. The van der Waals surface area contributed by atoms with Crippen LogP contribution in [0.2, 0.25) is 0 Å². The summed E-state index contributed by atoms with van der Waals surface area (Å²) < 4.78 is 18.0. The maximum Gasteiger partial charge on any atom is 0.251 e. The van der Waals surface area contributed by atoms with Gasteiger partial charge in [0.2, 0.25) is 0 Å². The molecule has 1 rings (SSSR count). The first-order valence-electron chi connectivity index (χ1n) is 5.19. The number of halogens is 1. The molecule has 1 saturated heterocycles. The molecule has 1 aliphatic heterocycles. The molecule has 0 bridgehead atoms. The van der Waals surface area contributed by atoms with Crippen LogP contribution < -0.4 is 0 Å². The number of amides is 1. The van der Waals surface area contributed by atoms with Crippen molar-refractivity contribution in [2.75, 3.05) is 19.7 Å². The quantitative estimate of drug-likeness (QED) is 0.690. The number of hydrogen-bond acceptors (Lipinski definition) is 2. The molecule has 0 unspecified atom stereocenters. The minimum atomic E-state index is -0.972. The number of likely N-dealkylation sites (N-methyl/N-ethyl adjacent to an activating group) is 1. The van der Waals surface area contributed by atoms with Crippen LogP contribution in [0.4, 0.5) is 4.39 Å². The molecule has 1 aliphatic rings. The average molecular weight is 203 g/mol. The van der Waals surface area contributed by atoms with E-state index in [2.05, 4.69) is 0 Å². The van der Waals surface area contributed by atoms with E-state index in [-0.39, 0.29) is 18.6 Å². The van der Waals surface area contributed by atoms with Crippen molar-refractivity contribution in [1.29, 1.82) is 0 Å². The summed E-state index contributed by atoms with van der Waals surface area (Å²) in [5, 5.41) is 0. The van der Waals surface area contributed by atoms with Crippen molar-refractivity contribution < 1.29 is 13.9 Å². The van der Waals surface area contributed by atoms with Crippen molar-refractivity contribution in [3.8, 4) is 0 Å². The molecule has 0 saturated carbocycles. The lowest BCUT2D eigenvalue weighted by Crippen LogP contribution is -2.41. The first-order chi connectivity index (χ1) is 6.65. The van der Waals surface area contributed by atoms with Gasteiger partial charge in [-0.25, -0.2) is 4.39 Å². The summed E-state index contributed by atoms with van der Waals surface area (Å²) in [5.41, 5.74) is 0. The lowest BCUT2D eigenvalue weighted by atomic mass is 10.2. The highest BCUT2D eigenvalue weighted by molar-refractivity contribution is 5.81. The van der Waals surface area contributed by atoms with Gasteiger partial charge in [0, 0.05) is 13.2 Å². The highest BCUT2D eigenvalue weighted by Gasteiger charge is 2.27. The minimum Gasteiger partial charge on any atom is -0.368 e. The van der Waals surface area contributed by atoms with Crippen molar-refractivity contribution in [2.24, 2.45) is 0 Å². The Hall–Kier alpha value is -0.640. The molecule has 3 nitrogen and oxygen atoms in total. The van der Waals surface area contributed by atoms with Gasteiger partial charge < -0.3 is 9.64 Å². The Morgan fingerprint density at radius 1 is 1.71 bits per heavy atom. The Balaban J connectivity index is 2.46. The molecular formula is C10H18FNO2.